The monoisotopic (exact) mass is 526 g/mol. The van der Waals surface area contributed by atoms with Gasteiger partial charge in [-0.15, -0.1) is 0 Å². The number of hydrogen-bond acceptors (Lipinski definition) is 6. The van der Waals surface area contributed by atoms with Crippen molar-refractivity contribution >= 4 is 35.3 Å². The molecule has 0 bridgehead atoms. The molecular weight excluding hydrogens is 476 g/mol. The maximum atomic E-state index is 13.0. The predicted octanol–water partition coefficient (Wildman–Crippen LogP) is 4.86. The Balaban J connectivity index is 2.56. The normalized spacial score (nSPS) is 17.8. The molecule has 8 heteroatoms. The highest BCUT2D eigenvalue weighted by molar-refractivity contribution is 8.00. The second-order valence-corrected chi connectivity index (χ2v) is 14.3. The van der Waals surface area contributed by atoms with E-state index in [-0.39, 0.29) is 41.1 Å². The summed E-state index contributed by atoms with van der Waals surface area (Å²) in [7, 11) is 0. The predicted molar refractivity (Wildman–Crippen MR) is 147 cm³/mol. The molecule has 0 aromatic rings. The molecule has 0 aromatic heterocycles. The molecule has 7 nitrogen and oxygen atoms in total. The molecule has 0 radical (unpaired) electrons. The number of nitrogens with zero attached hydrogens (tertiary/aromatic N) is 1. The van der Waals surface area contributed by atoms with Crippen LogP contribution in [0.3, 0.4) is 0 Å². The van der Waals surface area contributed by atoms with Gasteiger partial charge in [0.05, 0.1) is 10.9 Å². The molecule has 1 atom stereocenters. The minimum Gasteiger partial charge on any atom is -0.375 e. The van der Waals surface area contributed by atoms with Crippen molar-refractivity contribution in [1.29, 1.82) is 0 Å². The van der Waals surface area contributed by atoms with Crippen molar-refractivity contribution in [2.45, 2.75) is 106 Å². The topological polar surface area (TPSA) is 92.8 Å². The first kappa shape index (κ1) is 32.6. The molecule has 3 amide bonds. The van der Waals surface area contributed by atoms with Gasteiger partial charge in [0.15, 0.2) is 0 Å². The summed E-state index contributed by atoms with van der Waals surface area (Å²) in [4.78, 5) is 51.7. The summed E-state index contributed by atoms with van der Waals surface area (Å²) in [5.41, 5.74) is -1.92. The summed E-state index contributed by atoms with van der Waals surface area (Å²) in [6.07, 6.45) is 3.93. The van der Waals surface area contributed by atoms with Gasteiger partial charge in [-0.25, -0.2) is 0 Å². The SMILES string of the molecule is CSC1CC(=O)N(CC(C)(C)CC(C)(C)C(=O)NCCC(C)(C)OCCC(C)(C)C(=O)C(C)C)C1=O. The zero-order valence-electron chi connectivity index (χ0n) is 24.5. The summed E-state index contributed by atoms with van der Waals surface area (Å²) >= 11 is 1.41. The van der Waals surface area contributed by atoms with Crippen molar-refractivity contribution in [3.05, 3.63) is 0 Å². The maximum absolute atomic E-state index is 13.0. The van der Waals surface area contributed by atoms with Crippen molar-refractivity contribution < 1.29 is 23.9 Å². The summed E-state index contributed by atoms with van der Waals surface area (Å²) in [5, 5.41) is 2.75. The van der Waals surface area contributed by atoms with Crippen molar-refractivity contribution in [1.82, 2.24) is 10.2 Å². The number of thioether (sulfide) groups is 1. The fraction of sp³-hybridized carbons (Fsp3) is 0.857. The molecular formula is C28H50N2O5S. The Bertz CT molecular complexity index is 817. The number of ketones is 1. The third kappa shape index (κ3) is 9.47. The number of carbonyl (C=O) groups is 4. The molecule has 1 saturated heterocycles. The number of ether oxygens (including phenoxy) is 1. The van der Waals surface area contributed by atoms with Gasteiger partial charge in [-0.1, -0.05) is 55.4 Å². The molecule has 1 N–H and O–H groups in total. The van der Waals surface area contributed by atoms with Gasteiger partial charge in [0.25, 0.3) is 0 Å². The number of carbonyl (C=O) groups excluding carboxylic acids is 4. The molecule has 36 heavy (non-hydrogen) atoms. The van der Waals surface area contributed by atoms with E-state index in [9.17, 15) is 19.2 Å². The highest BCUT2D eigenvalue weighted by Gasteiger charge is 2.43. The first-order valence-corrected chi connectivity index (χ1v) is 14.4. The standard InChI is InChI=1S/C28H50N2O5S/c1-19(2)22(32)26(5,6)13-15-35-28(9,10)12-14-29-24(34)27(7,8)17-25(3,4)18-30-21(31)16-20(36-11)23(30)33/h19-20H,12-18H2,1-11H3,(H,29,34). The molecule has 208 valence electrons. The summed E-state index contributed by atoms with van der Waals surface area (Å²) in [5.74, 6) is -0.0731. The molecule has 1 unspecified atom stereocenters. The van der Waals surface area contributed by atoms with E-state index in [2.05, 4.69) is 5.32 Å². The van der Waals surface area contributed by atoms with Crippen LogP contribution in [-0.2, 0) is 23.9 Å². The number of likely N-dealkylation sites (tertiary alicyclic amines) is 1. The van der Waals surface area contributed by atoms with Crippen LogP contribution in [0.2, 0.25) is 0 Å². The van der Waals surface area contributed by atoms with Crippen molar-refractivity contribution in [2.75, 3.05) is 26.0 Å². The van der Waals surface area contributed by atoms with E-state index >= 15 is 0 Å². The van der Waals surface area contributed by atoms with Gasteiger partial charge >= 0.3 is 0 Å². The van der Waals surface area contributed by atoms with Crippen LogP contribution in [0, 0.1) is 22.2 Å². The third-order valence-electron chi connectivity index (χ3n) is 7.03. The molecule has 1 aliphatic heterocycles. The Morgan fingerprint density at radius 1 is 1.03 bits per heavy atom. The van der Waals surface area contributed by atoms with Crippen LogP contribution >= 0.6 is 11.8 Å². The van der Waals surface area contributed by atoms with E-state index in [0.717, 1.165) is 0 Å². The fourth-order valence-corrected chi connectivity index (χ4v) is 5.68. The Kier molecular flexibility index (Phi) is 11.3. The lowest BCUT2D eigenvalue weighted by molar-refractivity contribution is -0.140. The lowest BCUT2D eigenvalue weighted by Gasteiger charge is -2.36. The van der Waals surface area contributed by atoms with E-state index in [1.807, 2.05) is 75.5 Å². The first-order chi connectivity index (χ1) is 16.2. The number of imide groups is 1. The molecule has 1 aliphatic rings. The van der Waals surface area contributed by atoms with Crippen molar-refractivity contribution in [3.8, 4) is 0 Å². The van der Waals surface area contributed by atoms with E-state index in [1.54, 1.807) is 0 Å². The molecule has 1 fully saturated rings. The van der Waals surface area contributed by atoms with Crippen molar-refractivity contribution in [2.24, 2.45) is 22.2 Å². The lowest BCUT2D eigenvalue weighted by atomic mass is 9.74. The number of amides is 3. The quantitative estimate of drug-likeness (QED) is 0.306. The Labute approximate surface area is 223 Å². The number of Topliss-reactive ketones (excluding diaryl/α,β-unsaturated/α-hetero) is 1. The molecule has 1 rings (SSSR count). The molecule has 0 aromatic carbocycles. The highest BCUT2D eigenvalue weighted by Crippen LogP contribution is 2.36. The maximum Gasteiger partial charge on any atom is 0.242 e. The van der Waals surface area contributed by atoms with Crippen LogP contribution in [0.5, 0.6) is 0 Å². The fourth-order valence-electron chi connectivity index (χ4n) is 5.04. The first-order valence-electron chi connectivity index (χ1n) is 13.1. The van der Waals surface area contributed by atoms with Crippen LogP contribution in [0.4, 0.5) is 0 Å². The van der Waals surface area contributed by atoms with E-state index in [0.29, 0.717) is 39.0 Å². The van der Waals surface area contributed by atoms with Crippen LogP contribution < -0.4 is 5.32 Å². The van der Waals surface area contributed by atoms with E-state index in [1.165, 1.54) is 16.7 Å². The van der Waals surface area contributed by atoms with Gasteiger partial charge < -0.3 is 10.1 Å². The largest absolute Gasteiger partial charge is 0.375 e. The Morgan fingerprint density at radius 3 is 2.11 bits per heavy atom. The van der Waals surface area contributed by atoms with Gasteiger partial charge in [0.2, 0.25) is 17.7 Å². The van der Waals surface area contributed by atoms with Gasteiger partial charge in [0, 0.05) is 42.9 Å². The number of rotatable bonds is 15. The van der Waals surface area contributed by atoms with E-state index in [4.69, 9.17) is 4.74 Å². The van der Waals surface area contributed by atoms with Crippen LogP contribution in [-0.4, -0.2) is 65.2 Å². The smallest absolute Gasteiger partial charge is 0.242 e. The minimum absolute atomic E-state index is 0.000132. The van der Waals surface area contributed by atoms with Crippen molar-refractivity contribution in [3.63, 3.8) is 0 Å². The Hall–Kier alpha value is -1.41. The van der Waals surface area contributed by atoms with E-state index < -0.39 is 21.8 Å². The molecule has 1 heterocycles. The second kappa shape index (κ2) is 12.4. The molecule has 0 saturated carbocycles. The number of hydrogen-bond donors (Lipinski definition) is 1. The highest BCUT2D eigenvalue weighted by atomic mass is 32.2. The zero-order valence-corrected chi connectivity index (χ0v) is 25.3. The van der Waals surface area contributed by atoms with Crippen LogP contribution in [0.15, 0.2) is 0 Å². The average Bonchev–Trinajstić information content (AvgIpc) is 2.98. The lowest BCUT2D eigenvalue weighted by Crippen LogP contribution is -2.45. The second-order valence-electron chi connectivity index (χ2n) is 13.2. The summed E-state index contributed by atoms with van der Waals surface area (Å²) in [6.45, 7) is 20.8. The van der Waals surface area contributed by atoms with Gasteiger partial charge in [-0.05, 0) is 44.8 Å². The molecule has 0 spiro atoms. The zero-order chi connectivity index (χ0) is 28.1. The van der Waals surface area contributed by atoms with Crippen LogP contribution in [0.1, 0.15) is 94.9 Å². The number of nitrogens with one attached hydrogen (secondary N) is 1. The minimum atomic E-state index is -0.666. The molecule has 0 aliphatic carbocycles. The summed E-state index contributed by atoms with van der Waals surface area (Å²) in [6, 6.07) is 0. The van der Waals surface area contributed by atoms with Gasteiger partial charge in [0.1, 0.15) is 5.78 Å². The van der Waals surface area contributed by atoms with Gasteiger partial charge in [-0.3, -0.25) is 24.1 Å². The van der Waals surface area contributed by atoms with Crippen LogP contribution in [0.25, 0.3) is 0 Å². The summed E-state index contributed by atoms with van der Waals surface area (Å²) < 4.78 is 6.08. The Morgan fingerprint density at radius 2 is 1.61 bits per heavy atom. The average molecular weight is 527 g/mol. The van der Waals surface area contributed by atoms with Gasteiger partial charge in [-0.2, -0.15) is 11.8 Å². The third-order valence-corrected chi connectivity index (χ3v) is 7.97.